The van der Waals surface area contributed by atoms with Crippen LogP contribution in [-0.2, 0) is 11.2 Å². The molecule has 0 N–H and O–H groups in total. The van der Waals surface area contributed by atoms with Crippen molar-refractivity contribution in [2.45, 2.75) is 25.7 Å². The zero-order valence-electron chi connectivity index (χ0n) is 8.30. The third-order valence-corrected chi connectivity index (χ3v) is 2.62. The van der Waals surface area contributed by atoms with Gasteiger partial charge < -0.3 is 0 Å². The lowest BCUT2D eigenvalue weighted by Crippen LogP contribution is -2.05. The molecule has 0 saturated heterocycles. The number of hydrogen-bond acceptors (Lipinski definition) is 1. The van der Waals surface area contributed by atoms with Gasteiger partial charge >= 0.3 is 0 Å². The third-order valence-electron chi connectivity index (χ3n) is 2.62. The largest absolute Gasteiger partial charge is 0.299 e. The Morgan fingerprint density at radius 1 is 1.33 bits per heavy atom. The van der Waals surface area contributed by atoms with Crippen molar-refractivity contribution in [1.29, 1.82) is 0 Å². The number of hydrogen-bond donors (Lipinski definition) is 0. The molecule has 80 valence electrons. The van der Waals surface area contributed by atoms with Gasteiger partial charge in [0.05, 0.1) is 0 Å². The summed E-state index contributed by atoms with van der Waals surface area (Å²) in [5.41, 5.74) is 0.294. The van der Waals surface area contributed by atoms with Crippen LogP contribution in [0.4, 0.5) is 8.78 Å². The molecule has 3 heteroatoms. The first-order chi connectivity index (χ1) is 7.15. The van der Waals surface area contributed by atoms with E-state index in [0.29, 0.717) is 17.9 Å². The van der Waals surface area contributed by atoms with Crippen molar-refractivity contribution in [3.63, 3.8) is 0 Å². The molecule has 1 aliphatic rings. The minimum atomic E-state index is -0.626. The Labute approximate surface area is 87.1 Å². The lowest BCUT2D eigenvalue weighted by Gasteiger charge is -2.02. The monoisotopic (exact) mass is 210 g/mol. The Kier molecular flexibility index (Phi) is 2.80. The number of ketones is 1. The van der Waals surface area contributed by atoms with Crippen LogP contribution in [-0.4, -0.2) is 5.78 Å². The topological polar surface area (TPSA) is 17.1 Å². The standard InChI is InChI=1S/C12H12F2O/c13-10-4-3-9(12(14)7-10)6-11(15)5-8-1-2-8/h3-4,7-8H,1-2,5-6H2. The molecule has 0 radical (unpaired) electrons. The number of halogens is 2. The highest BCUT2D eigenvalue weighted by Gasteiger charge is 2.24. The molecule has 1 fully saturated rings. The maximum absolute atomic E-state index is 13.2. The van der Waals surface area contributed by atoms with Crippen molar-refractivity contribution in [2.24, 2.45) is 5.92 Å². The smallest absolute Gasteiger partial charge is 0.137 e. The van der Waals surface area contributed by atoms with Gasteiger partial charge in [-0.3, -0.25) is 4.79 Å². The Morgan fingerprint density at radius 2 is 2.07 bits per heavy atom. The Balaban J connectivity index is 1.99. The second-order valence-corrected chi connectivity index (χ2v) is 4.10. The summed E-state index contributed by atoms with van der Waals surface area (Å²) >= 11 is 0. The summed E-state index contributed by atoms with van der Waals surface area (Å²) in [4.78, 5) is 11.4. The van der Waals surface area contributed by atoms with Gasteiger partial charge in [-0.2, -0.15) is 0 Å². The van der Waals surface area contributed by atoms with Crippen LogP contribution in [0.2, 0.25) is 0 Å². The van der Waals surface area contributed by atoms with Gasteiger partial charge in [0.2, 0.25) is 0 Å². The molecule has 0 amide bonds. The quantitative estimate of drug-likeness (QED) is 0.746. The highest BCUT2D eigenvalue weighted by Crippen LogP contribution is 2.32. The minimum absolute atomic E-state index is 0.0445. The van der Waals surface area contributed by atoms with Crippen LogP contribution >= 0.6 is 0 Å². The van der Waals surface area contributed by atoms with Crippen molar-refractivity contribution < 1.29 is 13.6 Å². The number of carbonyl (C=O) groups excluding carboxylic acids is 1. The van der Waals surface area contributed by atoms with Crippen LogP contribution in [0.3, 0.4) is 0 Å². The third kappa shape index (κ3) is 2.85. The Hall–Kier alpha value is -1.25. The van der Waals surface area contributed by atoms with E-state index < -0.39 is 11.6 Å². The van der Waals surface area contributed by atoms with E-state index in [1.807, 2.05) is 0 Å². The van der Waals surface area contributed by atoms with Crippen LogP contribution < -0.4 is 0 Å². The van der Waals surface area contributed by atoms with Gasteiger partial charge in [0.15, 0.2) is 0 Å². The average molecular weight is 210 g/mol. The summed E-state index contributed by atoms with van der Waals surface area (Å²) in [5, 5.41) is 0. The Morgan fingerprint density at radius 3 is 2.67 bits per heavy atom. The molecular formula is C12H12F2O. The fourth-order valence-corrected chi connectivity index (χ4v) is 1.59. The molecule has 1 aromatic carbocycles. The summed E-state index contributed by atoms with van der Waals surface area (Å²) in [5.74, 6) is -0.672. The summed E-state index contributed by atoms with van der Waals surface area (Å²) in [6.45, 7) is 0. The molecule has 1 nitrogen and oxygen atoms in total. The summed E-state index contributed by atoms with van der Waals surface area (Å²) in [7, 11) is 0. The molecule has 0 aromatic heterocycles. The number of carbonyl (C=O) groups is 1. The van der Waals surface area contributed by atoms with E-state index in [-0.39, 0.29) is 12.2 Å². The Bertz CT molecular complexity index is 383. The van der Waals surface area contributed by atoms with Crippen LogP contribution in [0.15, 0.2) is 18.2 Å². The molecule has 0 unspecified atom stereocenters. The van der Waals surface area contributed by atoms with E-state index in [4.69, 9.17) is 0 Å². The molecule has 0 spiro atoms. The van der Waals surface area contributed by atoms with Gasteiger partial charge in [0.1, 0.15) is 17.4 Å². The van der Waals surface area contributed by atoms with Crippen LogP contribution in [0.5, 0.6) is 0 Å². The molecule has 0 bridgehead atoms. The van der Waals surface area contributed by atoms with Gasteiger partial charge in [-0.25, -0.2) is 8.78 Å². The lowest BCUT2D eigenvalue weighted by atomic mass is 10.0. The van der Waals surface area contributed by atoms with Gasteiger partial charge in [0, 0.05) is 18.9 Å². The fraction of sp³-hybridized carbons (Fsp3) is 0.417. The van der Waals surface area contributed by atoms with E-state index in [9.17, 15) is 13.6 Å². The van der Waals surface area contributed by atoms with Gasteiger partial charge in [-0.05, 0) is 30.4 Å². The molecular weight excluding hydrogens is 198 g/mol. The SMILES string of the molecule is O=C(Cc1ccc(F)cc1F)CC1CC1. The fourth-order valence-electron chi connectivity index (χ4n) is 1.59. The second-order valence-electron chi connectivity index (χ2n) is 4.10. The lowest BCUT2D eigenvalue weighted by molar-refractivity contribution is -0.118. The molecule has 1 aliphatic carbocycles. The molecule has 0 aliphatic heterocycles. The number of rotatable bonds is 4. The molecule has 0 atom stereocenters. The summed E-state index contributed by atoms with van der Waals surface area (Å²) < 4.78 is 25.8. The maximum atomic E-state index is 13.2. The number of Topliss-reactive ketones (excluding diaryl/α,β-unsaturated/α-hetero) is 1. The van der Waals surface area contributed by atoms with Crippen molar-refractivity contribution in [2.75, 3.05) is 0 Å². The molecule has 0 heterocycles. The maximum Gasteiger partial charge on any atom is 0.137 e. The molecule has 15 heavy (non-hydrogen) atoms. The summed E-state index contributed by atoms with van der Waals surface area (Å²) in [6, 6.07) is 3.35. The molecule has 1 aromatic rings. The first-order valence-electron chi connectivity index (χ1n) is 5.11. The van der Waals surface area contributed by atoms with Crippen molar-refractivity contribution in [3.05, 3.63) is 35.4 Å². The zero-order valence-corrected chi connectivity index (χ0v) is 8.30. The normalized spacial score (nSPS) is 15.3. The van der Waals surface area contributed by atoms with E-state index in [1.54, 1.807) is 0 Å². The highest BCUT2D eigenvalue weighted by atomic mass is 19.1. The van der Waals surface area contributed by atoms with Crippen LogP contribution in [0.25, 0.3) is 0 Å². The van der Waals surface area contributed by atoms with Crippen LogP contribution in [0, 0.1) is 17.6 Å². The predicted molar refractivity (Wildman–Crippen MR) is 52.4 cm³/mol. The predicted octanol–water partition coefficient (Wildman–Crippen LogP) is 2.88. The zero-order chi connectivity index (χ0) is 10.8. The molecule has 2 rings (SSSR count). The van der Waals surface area contributed by atoms with Gasteiger partial charge in [-0.15, -0.1) is 0 Å². The van der Waals surface area contributed by atoms with Crippen molar-refractivity contribution in [3.8, 4) is 0 Å². The molecule has 1 saturated carbocycles. The van der Waals surface area contributed by atoms with E-state index in [0.717, 1.165) is 18.9 Å². The first-order valence-corrected chi connectivity index (χ1v) is 5.11. The van der Waals surface area contributed by atoms with E-state index in [1.165, 1.54) is 12.1 Å². The van der Waals surface area contributed by atoms with Gasteiger partial charge in [0.25, 0.3) is 0 Å². The van der Waals surface area contributed by atoms with E-state index >= 15 is 0 Å². The van der Waals surface area contributed by atoms with Gasteiger partial charge in [-0.1, -0.05) is 6.07 Å². The average Bonchev–Trinajstić information content (AvgIpc) is 2.94. The first kappa shape index (κ1) is 10.3. The number of benzene rings is 1. The second kappa shape index (κ2) is 4.09. The van der Waals surface area contributed by atoms with Crippen molar-refractivity contribution in [1.82, 2.24) is 0 Å². The van der Waals surface area contributed by atoms with E-state index in [2.05, 4.69) is 0 Å². The van der Waals surface area contributed by atoms with Crippen molar-refractivity contribution >= 4 is 5.78 Å². The van der Waals surface area contributed by atoms with Crippen LogP contribution in [0.1, 0.15) is 24.8 Å². The highest BCUT2D eigenvalue weighted by molar-refractivity contribution is 5.81. The summed E-state index contributed by atoms with van der Waals surface area (Å²) in [6.07, 6.45) is 2.84. The minimum Gasteiger partial charge on any atom is -0.299 e.